The zero-order chi connectivity index (χ0) is 13.9. The molecule has 0 bridgehead atoms. The van der Waals surface area contributed by atoms with Crippen molar-refractivity contribution in [2.45, 2.75) is 6.92 Å². The molecule has 1 saturated heterocycles. The number of amidine groups is 1. The SMILES string of the molecule is CCN1C(=O)/C(=C\c2cccs2)S/C1=N/c1nccs1. The number of thioether (sulfide) groups is 1. The standard InChI is InChI=1S/C13H11N3OS3/c1-2-16-11(17)10(8-9-4-3-6-18-9)20-13(16)15-12-14-5-7-19-12/h3-8H,2H2,1H3/b10-8+,15-13+. The number of likely N-dealkylation sites (N-methyl/N-ethyl adjacent to an activating group) is 1. The Bertz CT molecular complexity index is 659. The Balaban J connectivity index is 1.92. The number of amides is 1. The van der Waals surface area contributed by atoms with Gasteiger partial charge in [-0.3, -0.25) is 9.69 Å². The summed E-state index contributed by atoms with van der Waals surface area (Å²) in [6.45, 7) is 2.56. The summed E-state index contributed by atoms with van der Waals surface area (Å²) < 4.78 is 0. The second-order valence-corrected chi connectivity index (χ2v) is 6.75. The van der Waals surface area contributed by atoms with E-state index in [1.165, 1.54) is 23.1 Å². The van der Waals surface area contributed by atoms with E-state index in [2.05, 4.69) is 9.98 Å². The number of carbonyl (C=O) groups is 1. The Morgan fingerprint density at radius 1 is 1.40 bits per heavy atom. The van der Waals surface area contributed by atoms with Crippen molar-refractivity contribution in [2.24, 2.45) is 4.99 Å². The first kappa shape index (κ1) is 13.5. The molecule has 0 N–H and O–H groups in total. The normalized spacial score (nSPS) is 19.4. The van der Waals surface area contributed by atoms with E-state index in [0.717, 1.165) is 4.88 Å². The van der Waals surface area contributed by atoms with E-state index in [1.54, 1.807) is 22.4 Å². The van der Waals surface area contributed by atoms with E-state index >= 15 is 0 Å². The van der Waals surface area contributed by atoms with Crippen LogP contribution in [0.1, 0.15) is 11.8 Å². The van der Waals surface area contributed by atoms with Crippen LogP contribution in [0.4, 0.5) is 5.13 Å². The molecule has 0 unspecified atom stereocenters. The van der Waals surface area contributed by atoms with Crippen molar-refractivity contribution in [1.29, 1.82) is 0 Å². The van der Waals surface area contributed by atoms with Crippen LogP contribution in [0.2, 0.25) is 0 Å². The molecule has 0 aromatic carbocycles. The van der Waals surface area contributed by atoms with Gasteiger partial charge in [0.05, 0.1) is 4.91 Å². The maximum atomic E-state index is 12.3. The Labute approximate surface area is 128 Å². The van der Waals surface area contributed by atoms with Gasteiger partial charge in [0.2, 0.25) is 5.13 Å². The molecule has 2 aromatic rings. The highest BCUT2D eigenvalue weighted by Gasteiger charge is 2.32. The molecule has 0 aliphatic carbocycles. The molecular formula is C13H11N3OS3. The van der Waals surface area contributed by atoms with E-state index in [1.807, 2.05) is 35.9 Å². The van der Waals surface area contributed by atoms with Crippen molar-refractivity contribution in [2.75, 3.05) is 6.54 Å². The smallest absolute Gasteiger partial charge is 0.266 e. The third-order valence-electron chi connectivity index (χ3n) is 2.63. The van der Waals surface area contributed by atoms with Gasteiger partial charge in [-0.2, -0.15) is 4.99 Å². The molecule has 0 saturated carbocycles. The average Bonchev–Trinajstić information content (AvgIpc) is 3.15. The highest BCUT2D eigenvalue weighted by Crippen LogP contribution is 2.34. The molecule has 1 amide bonds. The summed E-state index contributed by atoms with van der Waals surface area (Å²) in [6, 6.07) is 3.97. The van der Waals surface area contributed by atoms with Crippen LogP contribution in [-0.4, -0.2) is 27.5 Å². The van der Waals surface area contributed by atoms with E-state index in [9.17, 15) is 4.79 Å². The molecule has 0 radical (unpaired) electrons. The van der Waals surface area contributed by atoms with Crippen molar-refractivity contribution in [3.05, 3.63) is 38.9 Å². The lowest BCUT2D eigenvalue weighted by Crippen LogP contribution is -2.28. The summed E-state index contributed by atoms with van der Waals surface area (Å²) in [4.78, 5) is 24.4. The lowest BCUT2D eigenvalue weighted by atomic mass is 10.4. The molecule has 1 aliphatic heterocycles. The molecule has 1 fully saturated rings. The van der Waals surface area contributed by atoms with Gasteiger partial charge >= 0.3 is 0 Å². The fourth-order valence-corrected chi connectivity index (χ4v) is 4.05. The lowest BCUT2D eigenvalue weighted by Gasteiger charge is -2.11. The van der Waals surface area contributed by atoms with E-state index in [0.29, 0.717) is 21.7 Å². The minimum absolute atomic E-state index is 0.0150. The zero-order valence-corrected chi connectivity index (χ0v) is 13.1. The zero-order valence-electron chi connectivity index (χ0n) is 10.6. The van der Waals surface area contributed by atoms with Crippen LogP contribution in [-0.2, 0) is 4.79 Å². The molecule has 2 aromatic heterocycles. The van der Waals surface area contributed by atoms with Gasteiger partial charge in [0.25, 0.3) is 5.91 Å². The highest BCUT2D eigenvalue weighted by molar-refractivity contribution is 8.18. The fraction of sp³-hybridized carbons (Fsp3) is 0.154. The van der Waals surface area contributed by atoms with Crippen LogP contribution >= 0.6 is 34.4 Å². The summed E-state index contributed by atoms with van der Waals surface area (Å²) in [5, 5.41) is 5.25. The number of aromatic nitrogens is 1. The minimum Gasteiger partial charge on any atom is -0.287 e. The van der Waals surface area contributed by atoms with Gasteiger partial charge in [-0.25, -0.2) is 4.98 Å². The minimum atomic E-state index is 0.0150. The Morgan fingerprint density at radius 3 is 2.95 bits per heavy atom. The molecule has 4 nitrogen and oxygen atoms in total. The van der Waals surface area contributed by atoms with Crippen molar-refractivity contribution in [3.63, 3.8) is 0 Å². The van der Waals surface area contributed by atoms with Crippen molar-refractivity contribution >= 4 is 56.7 Å². The van der Waals surface area contributed by atoms with Crippen LogP contribution in [0.25, 0.3) is 6.08 Å². The number of hydrogen-bond donors (Lipinski definition) is 0. The predicted octanol–water partition coefficient (Wildman–Crippen LogP) is 3.83. The van der Waals surface area contributed by atoms with Crippen LogP contribution < -0.4 is 0 Å². The summed E-state index contributed by atoms with van der Waals surface area (Å²) in [5.74, 6) is 0.0150. The van der Waals surface area contributed by atoms with Gasteiger partial charge in [0, 0.05) is 23.0 Å². The van der Waals surface area contributed by atoms with Crippen molar-refractivity contribution < 1.29 is 4.79 Å². The molecule has 0 atom stereocenters. The average molecular weight is 321 g/mol. The number of thiazole rings is 1. The number of hydrogen-bond acceptors (Lipinski definition) is 6. The van der Waals surface area contributed by atoms with Crippen LogP contribution in [0.15, 0.2) is 39.0 Å². The molecule has 7 heteroatoms. The number of thiophene rings is 1. The Morgan fingerprint density at radius 2 is 2.30 bits per heavy atom. The maximum Gasteiger partial charge on any atom is 0.266 e. The van der Waals surface area contributed by atoms with Crippen molar-refractivity contribution in [1.82, 2.24) is 9.88 Å². The predicted molar refractivity (Wildman–Crippen MR) is 86.5 cm³/mol. The molecule has 102 valence electrons. The number of rotatable bonds is 3. The van der Waals surface area contributed by atoms with Crippen LogP contribution in [0, 0.1) is 0 Å². The summed E-state index contributed by atoms with van der Waals surface area (Å²) in [6.07, 6.45) is 3.63. The number of aliphatic imine (C=N–C) groups is 1. The number of carbonyl (C=O) groups excluding carboxylic acids is 1. The van der Waals surface area contributed by atoms with Crippen molar-refractivity contribution in [3.8, 4) is 0 Å². The van der Waals surface area contributed by atoms with Gasteiger partial charge in [0.1, 0.15) is 0 Å². The second-order valence-electron chi connectivity index (χ2n) is 3.88. The van der Waals surface area contributed by atoms with E-state index < -0.39 is 0 Å². The topological polar surface area (TPSA) is 45.6 Å². The quantitative estimate of drug-likeness (QED) is 0.807. The number of nitrogens with zero attached hydrogens (tertiary/aromatic N) is 3. The molecule has 3 heterocycles. The van der Waals surface area contributed by atoms with Gasteiger partial charge < -0.3 is 0 Å². The molecular weight excluding hydrogens is 310 g/mol. The lowest BCUT2D eigenvalue weighted by molar-refractivity contribution is -0.122. The summed E-state index contributed by atoms with van der Waals surface area (Å²) in [7, 11) is 0. The van der Waals surface area contributed by atoms with Crippen LogP contribution in [0.5, 0.6) is 0 Å². The summed E-state index contributed by atoms with van der Waals surface area (Å²) in [5.41, 5.74) is 0. The van der Waals surface area contributed by atoms with E-state index in [-0.39, 0.29) is 5.91 Å². The van der Waals surface area contributed by atoms with E-state index in [4.69, 9.17) is 0 Å². The summed E-state index contributed by atoms with van der Waals surface area (Å²) >= 11 is 4.49. The molecule has 3 rings (SSSR count). The first-order chi connectivity index (χ1) is 9.78. The van der Waals surface area contributed by atoms with Gasteiger partial charge in [-0.1, -0.05) is 6.07 Å². The Kier molecular flexibility index (Phi) is 4.00. The first-order valence-electron chi connectivity index (χ1n) is 6.01. The molecule has 0 spiro atoms. The Hall–Kier alpha value is -1.44. The molecule has 1 aliphatic rings. The monoisotopic (exact) mass is 321 g/mol. The van der Waals surface area contributed by atoms with Crippen LogP contribution in [0.3, 0.4) is 0 Å². The molecule has 20 heavy (non-hydrogen) atoms. The third-order valence-corrected chi connectivity index (χ3v) is 5.12. The third kappa shape index (κ3) is 2.70. The first-order valence-corrected chi connectivity index (χ1v) is 8.58. The van der Waals surface area contributed by atoms with Gasteiger partial charge in [0.15, 0.2) is 5.17 Å². The highest BCUT2D eigenvalue weighted by atomic mass is 32.2. The van der Waals surface area contributed by atoms with Gasteiger partial charge in [-0.15, -0.1) is 22.7 Å². The fourth-order valence-electron chi connectivity index (χ4n) is 1.73. The largest absolute Gasteiger partial charge is 0.287 e. The second kappa shape index (κ2) is 5.90. The van der Waals surface area contributed by atoms with Gasteiger partial charge in [-0.05, 0) is 36.2 Å². The maximum absolute atomic E-state index is 12.3.